The van der Waals surface area contributed by atoms with Gasteiger partial charge < -0.3 is 20.9 Å². The molecule has 0 aromatic carbocycles. The predicted octanol–water partition coefficient (Wildman–Crippen LogP) is -0.169. The van der Waals surface area contributed by atoms with Crippen molar-refractivity contribution in [3.05, 3.63) is 18.3 Å². The van der Waals surface area contributed by atoms with Gasteiger partial charge in [0.05, 0.1) is 31.5 Å². The minimum Gasteiger partial charge on any atom is -0.481 e. The quantitative estimate of drug-likeness (QED) is 0.657. The molecule has 0 aliphatic heterocycles. The second-order valence-electron chi connectivity index (χ2n) is 3.28. The number of aromatic nitrogens is 1. The number of nitrogens with one attached hydrogen (secondary N) is 1. The van der Waals surface area contributed by atoms with E-state index >= 15 is 0 Å². The first kappa shape index (κ1) is 12.9. The first-order chi connectivity index (χ1) is 8.02. The minimum atomic E-state index is -1.12. The van der Waals surface area contributed by atoms with Crippen molar-refractivity contribution in [2.45, 2.75) is 12.5 Å². The maximum atomic E-state index is 11.4. The number of carbonyl (C=O) groups excluding carboxylic acids is 1. The lowest BCUT2D eigenvalue weighted by molar-refractivity contribution is -0.138. The second-order valence-corrected chi connectivity index (χ2v) is 3.28. The number of amides is 1. The number of rotatable bonds is 5. The number of nitrogens with zero attached hydrogens (tertiary/aromatic N) is 1. The lowest BCUT2D eigenvalue weighted by Gasteiger charge is -2.10. The number of methoxy groups -OCH3 is 1. The summed E-state index contributed by atoms with van der Waals surface area (Å²) in [5, 5.41) is 10.9. The molecule has 0 saturated heterocycles. The van der Waals surface area contributed by atoms with Gasteiger partial charge in [-0.3, -0.25) is 9.59 Å². The summed E-state index contributed by atoms with van der Waals surface area (Å²) in [5.74, 6) is -1.28. The average molecular weight is 239 g/mol. The smallest absolute Gasteiger partial charge is 0.305 e. The second kappa shape index (κ2) is 5.80. The van der Waals surface area contributed by atoms with Gasteiger partial charge in [-0.15, -0.1) is 0 Å². The third-order valence-electron chi connectivity index (χ3n) is 1.94. The first-order valence-corrected chi connectivity index (χ1v) is 4.81. The fraction of sp³-hybridized carbons (Fsp3) is 0.300. The maximum Gasteiger partial charge on any atom is 0.305 e. The Morgan fingerprint density at radius 2 is 2.29 bits per heavy atom. The van der Waals surface area contributed by atoms with E-state index in [1.165, 1.54) is 13.3 Å². The lowest BCUT2D eigenvalue weighted by atomic mass is 10.2. The predicted molar refractivity (Wildman–Crippen MR) is 59.6 cm³/mol. The molecule has 4 N–H and O–H groups in total. The highest BCUT2D eigenvalue weighted by Crippen LogP contribution is 2.11. The molecule has 0 aliphatic carbocycles. The highest BCUT2D eigenvalue weighted by atomic mass is 16.5. The molecule has 0 aliphatic rings. The number of pyridine rings is 1. The van der Waals surface area contributed by atoms with Crippen molar-refractivity contribution < 1.29 is 19.4 Å². The zero-order chi connectivity index (χ0) is 12.8. The summed E-state index contributed by atoms with van der Waals surface area (Å²) in [7, 11) is 1.48. The molecule has 17 heavy (non-hydrogen) atoms. The number of anilines is 1. The highest BCUT2D eigenvalue weighted by Gasteiger charge is 2.17. The highest BCUT2D eigenvalue weighted by molar-refractivity contribution is 5.96. The molecule has 1 aromatic rings. The van der Waals surface area contributed by atoms with E-state index in [1.807, 2.05) is 0 Å². The van der Waals surface area contributed by atoms with Crippen LogP contribution in [-0.2, 0) is 9.59 Å². The Morgan fingerprint density at radius 3 is 2.76 bits per heavy atom. The lowest BCUT2D eigenvalue weighted by Crippen LogP contribution is -2.37. The zero-order valence-electron chi connectivity index (χ0n) is 9.21. The molecular formula is C10H13N3O4. The fourth-order valence-corrected chi connectivity index (χ4v) is 1.09. The number of hydrogen-bond donors (Lipinski definition) is 3. The number of hydrogen-bond acceptors (Lipinski definition) is 5. The molecular weight excluding hydrogens is 226 g/mol. The Morgan fingerprint density at radius 1 is 1.59 bits per heavy atom. The Balaban J connectivity index is 2.58. The SMILES string of the molecule is COc1ccc(NC(=O)C(N)CC(=O)O)cn1. The molecule has 7 nitrogen and oxygen atoms in total. The largest absolute Gasteiger partial charge is 0.481 e. The van der Waals surface area contributed by atoms with E-state index < -0.39 is 24.3 Å². The van der Waals surface area contributed by atoms with Gasteiger partial charge in [0.15, 0.2) is 0 Å². The van der Waals surface area contributed by atoms with Gasteiger partial charge in [0.1, 0.15) is 0 Å². The number of carboxylic acids is 1. The summed E-state index contributed by atoms with van der Waals surface area (Å²) in [6.45, 7) is 0. The van der Waals surface area contributed by atoms with Crippen LogP contribution in [0.25, 0.3) is 0 Å². The Bertz CT molecular complexity index is 405. The number of nitrogens with two attached hydrogens (primary N) is 1. The van der Waals surface area contributed by atoms with Crippen LogP contribution in [0.3, 0.4) is 0 Å². The topological polar surface area (TPSA) is 115 Å². The van der Waals surface area contributed by atoms with Gasteiger partial charge in [-0.2, -0.15) is 0 Å². The van der Waals surface area contributed by atoms with Gasteiger partial charge in [-0.05, 0) is 6.07 Å². The van der Waals surface area contributed by atoms with Crippen molar-refractivity contribution in [2.24, 2.45) is 5.73 Å². The van der Waals surface area contributed by atoms with E-state index in [1.54, 1.807) is 12.1 Å². The monoisotopic (exact) mass is 239 g/mol. The van der Waals surface area contributed by atoms with E-state index in [0.717, 1.165) is 0 Å². The van der Waals surface area contributed by atoms with E-state index in [0.29, 0.717) is 11.6 Å². The molecule has 0 radical (unpaired) electrons. The van der Waals surface area contributed by atoms with Crippen LogP contribution < -0.4 is 15.8 Å². The van der Waals surface area contributed by atoms with Crippen LogP contribution in [0.15, 0.2) is 18.3 Å². The van der Waals surface area contributed by atoms with Crippen molar-refractivity contribution >= 4 is 17.6 Å². The molecule has 0 fully saturated rings. The van der Waals surface area contributed by atoms with Gasteiger partial charge in [-0.25, -0.2) is 4.98 Å². The summed E-state index contributed by atoms with van der Waals surface area (Å²) < 4.78 is 4.85. The van der Waals surface area contributed by atoms with Crippen molar-refractivity contribution in [1.29, 1.82) is 0 Å². The van der Waals surface area contributed by atoms with Crippen LogP contribution in [0.2, 0.25) is 0 Å². The molecule has 1 unspecified atom stereocenters. The molecule has 0 saturated carbocycles. The van der Waals surface area contributed by atoms with Crippen LogP contribution in [-0.4, -0.2) is 35.1 Å². The molecule has 7 heteroatoms. The van der Waals surface area contributed by atoms with Crippen molar-refractivity contribution in [2.75, 3.05) is 12.4 Å². The van der Waals surface area contributed by atoms with E-state index in [2.05, 4.69) is 10.3 Å². The zero-order valence-corrected chi connectivity index (χ0v) is 9.21. The van der Waals surface area contributed by atoms with Crippen molar-refractivity contribution in [3.8, 4) is 5.88 Å². The van der Waals surface area contributed by atoms with Crippen molar-refractivity contribution in [1.82, 2.24) is 4.98 Å². The van der Waals surface area contributed by atoms with Gasteiger partial charge in [0.25, 0.3) is 0 Å². The Kier molecular flexibility index (Phi) is 4.41. The minimum absolute atomic E-state index is 0.415. The third kappa shape index (κ3) is 4.07. The molecule has 1 aromatic heterocycles. The van der Waals surface area contributed by atoms with Gasteiger partial charge in [-0.1, -0.05) is 0 Å². The number of carbonyl (C=O) groups is 2. The molecule has 0 spiro atoms. The normalized spacial score (nSPS) is 11.6. The first-order valence-electron chi connectivity index (χ1n) is 4.81. The molecule has 1 rings (SSSR count). The van der Waals surface area contributed by atoms with E-state index in [-0.39, 0.29) is 0 Å². The van der Waals surface area contributed by atoms with E-state index in [4.69, 9.17) is 15.6 Å². The Hall–Kier alpha value is -2.15. The summed E-state index contributed by atoms with van der Waals surface area (Å²) in [4.78, 5) is 25.7. The number of aliphatic carboxylic acids is 1. The van der Waals surface area contributed by atoms with Crippen LogP contribution in [0.4, 0.5) is 5.69 Å². The van der Waals surface area contributed by atoms with Gasteiger partial charge >= 0.3 is 5.97 Å². The molecule has 1 amide bonds. The molecule has 1 heterocycles. The molecule has 0 bridgehead atoms. The van der Waals surface area contributed by atoms with Gasteiger partial charge in [0.2, 0.25) is 11.8 Å². The maximum absolute atomic E-state index is 11.4. The molecule has 92 valence electrons. The van der Waals surface area contributed by atoms with E-state index in [9.17, 15) is 9.59 Å². The number of carboxylic acid groups (broad SMARTS) is 1. The average Bonchev–Trinajstić information content (AvgIpc) is 2.29. The van der Waals surface area contributed by atoms with Crippen LogP contribution >= 0.6 is 0 Å². The Labute approximate surface area is 97.6 Å². The number of ether oxygens (including phenoxy) is 1. The van der Waals surface area contributed by atoms with Crippen LogP contribution in [0.1, 0.15) is 6.42 Å². The summed E-state index contributed by atoms with van der Waals surface area (Å²) in [5.41, 5.74) is 5.81. The van der Waals surface area contributed by atoms with Crippen LogP contribution in [0.5, 0.6) is 5.88 Å². The summed E-state index contributed by atoms with van der Waals surface area (Å²) in [6.07, 6.45) is 0.972. The van der Waals surface area contributed by atoms with Crippen molar-refractivity contribution in [3.63, 3.8) is 0 Å². The summed E-state index contributed by atoms with van der Waals surface area (Å²) in [6, 6.07) is 2.06. The summed E-state index contributed by atoms with van der Waals surface area (Å²) >= 11 is 0. The molecule has 1 atom stereocenters. The standard InChI is InChI=1S/C10H13N3O4/c1-17-8-3-2-6(5-12-8)13-10(16)7(11)4-9(14)15/h2-3,5,7H,4,11H2,1H3,(H,13,16)(H,14,15). The van der Waals surface area contributed by atoms with Gasteiger partial charge in [0, 0.05) is 6.07 Å². The fourth-order valence-electron chi connectivity index (χ4n) is 1.09. The van der Waals surface area contributed by atoms with Crippen LogP contribution in [0, 0.1) is 0 Å². The third-order valence-corrected chi connectivity index (χ3v) is 1.94.